The van der Waals surface area contributed by atoms with Gasteiger partial charge >= 0.3 is 24.4 Å². The SMILES string of the molecule is CCCCN(CCCC)C(=S)S.[Sb+3]. The Morgan fingerprint density at radius 1 is 1.15 bits per heavy atom. The Hall–Kier alpha value is 1.06. The largest absolute Gasteiger partial charge is 3.00 e. The fourth-order valence-electron chi connectivity index (χ4n) is 1.00. The molecule has 4 heteroatoms. The first-order chi connectivity index (χ1) is 5.72. The summed E-state index contributed by atoms with van der Waals surface area (Å²) in [5.41, 5.74) is 0. The molecular formula is C9H19NS2Sb+3. The zero-order valence-corrected chi connectivity index (χ0v) is 12.8. The third-order valence-electron chi connectivity index (χ3n) is 1.83. The molecule has 0 aliphatic heterocycles. The fraction of sp³-hybridized carbons (Fsp3) is 0.889. The van der Waals surface area contributed by atoms with Crippen molar-refractivity contribution in [2.24, 2.45) is 0 Å². The molecule has 0 spiro atoms. The monoisotopic (exact) mass is 326 g/mol. The molecule has 0 unspecified atom stereocenters. The molecule has 0 heterocycles. The predicted molar refractivity (Wildman–Crippen MR) is 68.7 cm³/mol. The van der Waals surface area contributed by atoms with E-state index in [1.807, 2.05) is 0 Å². The van der Waals surface area contributed by atoms with Gasteiger partial charge in [-0.25, -0.2) is 0 Å². The van der Waals surface area contributed by atoms with Crippen molar-refractivity contribution >= 4 is 53.6 Å². The van der Waals surface area contributed by atoms with Crippen LogP contribution in [0.25, 0.3) is 0 Å². The fourth-order valence-corrected chi connectivity index (χ4v) is 1.38. The maximum atomic E-state index is 5.03. The van der Waals surface area contributed by atoms with Crippen LogP contribution in [0.4, 0.5) is 0 Å². The second-order valence-electron chi connectivity index (χ2n) is 2.98. The molecule has 0 atom stereocenters. The van der Waals surface area contributed by atoms with Crippen LogP contribution in [0, 0.1) is 0 Å². The molecule has 0 saturated carbocycles. The summed E-state index contributed by atoms with van der Waals surface area (Å²) in [7, 11) is 0. The van der Waals surface area contributed by atoms with Gasteiger partial charge in [0.05, 0.1) is 0 Å². The maximum absolute atomic E-state index is 5.03. The Balaban J connectivity index is 0. The number of nitrogens with zero attached hydrogens (tertiary/aromatic N) is 1. The van der Waals surface area contributed by atoms with E-state index in [1.54, 1.807) is 0 Å². The molecule has 1 nitrogen and oxygen atoms in total. The van der Waals surface area contributed by atoms with Crippen LogP contribution >= 0.6 is 24.8 Å². The minimum atomic E-state index is 0. The first-order valence-corrected chi connectivity index (χ1v) is 5.55. The van der Waals surface area contributed by atoms with Crippen LogP contribution in [0.5, 0.6) is 0 Å². The zero-order valence-electron chi connectivity index (χ0n) is 8.49. The molecule has 0 amide bonds. The molecule has 0 fully saturated rings. The van der Waals surface area contributed by atoms with Crippen molar-refractivity contribution in [2.45, 2.75) is 39.5 Å². The average Bonchev–Trinajstić information content (AvgIpc) is 2.04. The molecule has 0 bridgehead atoms. The van der Waals surface area contributed by atoms with Gasteiger partial charge in [0.2, 0.25) is 0 Å². The van der Waals surface area contributed by atoms with E-state index in [0.717, 1.165) is 17.4 Å². The summed E-state index contributed by atoms with van der Waals surface area (Å²) < 4.78 is 0.747. The first kappa shape index (κ1) is 16.5. The van der Waals surface area contributed by atoms with Gasteiger partial charge in [-0.2, -0.15) is 0 Å². The Morgan fingerprint density at radius 2 is 1.54 bits per heavy atom. The molecule has 0 saturated heterocycles. The van der Waals surface area contributed by atoms with Gasteiger partial charge in [-0.05, 0) is 12.8 Å². The van der Waals surface area contributed by atoms with Crippen molar-refractivity contribution in [1.29, 1.82) is 0 Å². The normalized spacial score (nSPS) is 9.15. The molecular weight excluding hydrogens is 308 g/mol. The van der Waals surface area contributed by atoms with Crippen molar-refractivity contribution in [3.8, 4) is 0 Å². The Morgan fingerprint density at radius 3 is 1.77 bits per heavy atom. The van der Waals surface area contributed by atoms with Gasteiger partial charge in [0.1, 0.15) is 4.32 Å². The van der Waals surface area contributed by atoms with E-state index >= 15 is 0 Å². The molecule has 74 valence electrons. The van der Waals surface area contributed by atoms with Crippen LogP contribution in [-0.2, 0) is 0 Å². The Labute approximate surface area is 111 Å². The third kappa shape index (κ3) is 9.36. The van der Waals surface area contributed by atoms with Crippen molar-refractivity contribution < 1.29 is 0 Å². The molecule has 0 rings (SSSR count). The first-order valence-electron chi connectivity index (χ1n) is 4.70. The van der Waals surface area contributed by atoms with Crippen LogP contribution in [-0.4, -0.2) is 46.7 Å². The van der Waals surface area contributed by atoms with Crippen molar-refractivity contribution in [3.05, 3.63) is 0 Å². The van der Waals surface area contributed by atoms with Gasteiger partial charge in [0.15, 0.2) is 0 Å². The summed E-state index contributed by atoms with van der Waals surface area (Å²) in [5, 5.41) is 0. The van der Waals surface area contributed by atoms with Crippen molar-refractivity contribution in [2.75, 3.05) is 13.1 Å². The van der Waals surface area contributed by atoms with Gasteiger partial charge in [-0.15, -0.1) is 12.6 Å². The summed E-state index contributed by atoms with van der Waals surface area (Å²) >= 11 is 9.23. The summed E-state index contributed by atoms with van der Waals surface area (Å²) in [6.45, 7) is 6.52. The Bertz CT molecular complexity index is 123. The van der Waals surface area contributed by atoms with Gasteiger partial charge < -0.3 is 4.90 Å². The van der Waals surface area contributed by atoms with E-state index in [9.17, 15) is 0 Å². The molecule has 0 N–H and O–H groups in total. The number of unbranched alkanes of at least 4 members (excludes halogenated alkanes) is 2. The average molecular weight is 327 g/mol. The van der Waals surface area contributed by atoms with Gasteiger partial charge in [-0.1, -0.05) is 38.9 Å². The standard InChI is InChI=1S/C9H19NS2.Sb/c1-3-5-7-10(9(11)12)8-6-4-2;/h3-8H2,1-2H3,(H,11,12);/q;+3. The van der Waals surface area contributed by atoms with E-state index in [2.05, 4.69) is 31.4 Å². The Kier molecular flexibility index (Phi) is 14.1. The van der Waals surface area contributed by atoms with E-state index < -0.39 is 0 Å². The number of hydrogen-bond donors (Lipinski definition) is 1. The second kappa shape index (κ2) is 11.1. The number of rotatable bonds is 6. The number of hydrogen-bond acceptors (Lipinski definition) is 1. The molecule has 0 aliphatic carbocycles. The molecule has 2 radical (unpaired) electrons. The van der Waals surface area contributed by atoms with Crippen molar-refractivity contribution in [3.63, 3.8) is 0 Å². The van der Waals surface area contributed by atoms with E-state index in [-0.39, 0.29) is 24.4 Å². The molecule has 13 heavy (non-hydrogen) atoms. The van der Waals surface area contributed by atoms with Crippen LogP contribution in [0.1, 0.15) is 39.5 Å². The van der Waals surface area contributed by atoms with Gasteiger partial charge in [0, 0.05) is 13.1 Å². The molecule has 0 aromatic rings. The molecule has 0 aromatic carbocycles. The third-order valence-corrected chi connectivity index (χ3v) is 2.37. The van der Waals surface area contributed by atoms with E-state index in [0.29, 0.717) is 0 Å². The van der Waals surface area contributed by atoms with Crippen LogP contribution in [0.2, 0.25) is 0 Å². The maximum Gasteiger partial charge on any atom is 3.00 e. The van der Waals surface area contributed by atoms with Crippen LogP contribution in [0.15, 0.2) is 0 Å². The zero-order chi connectivity index (χ0) is 9.40. The topological polar surface area (TPSA) is 3.24 Å². The smallest absolute Gasteiger partial charge is 0.358 e. The van der Waals surface area contributed by atoms with Crippen LogP contribution < -0.4 is 0 Å². The molecule has 0 aromatic heterocycles. The minimum absolute atomic E-state index is 0. The van der Waals surface area contributed by atoms with Gasteiger partial charge in [-0.3, -0.25) is 0 Å². The van der Waals surface area contributed by atoms with Crippen molar-refractivity contribution in [1.82, 2.24) is 4.90 Å². The summed E-state index contributed by atoms with van der Waals surface area (Å²) in [4.78, 5) is 2.19. The van der Waals surface area contributed by atoms with E-state index in [4.69, 9.17) is 12.2 Å². The number of thiocarbonyl (C=S) groups is 1. The predicted octanol–water partition coefficient (Wildman–Crippen LogP) is 2.72. The summed E-state index contributed by atoms with van der Waals surface area (Å²) in [6, 6.07) is 0. The summed E-state index contributed by atoms with van der Waals surface area (Å²) in [6.07, 6.45) is 4.87. The van der Waals surface area contributed by atoms with E-state index in [1.165, 1.54) is 25.7 Å². The summed E-state index contributed by atoms with van der Waals surface area (Å²) in [5.74, 6) is 0. The molecule has 0 aliphatic rings. The van der Waals surface area contributed by atoms with Crippen LogP contribution in [0.3, 0.4) is 0 Å². The van der Waals surface area contributed by atoms with Gasteiger partial charge in [0.25, 0.3) is 0 Å². The minimum Gasteiger partial charge on any atom is -0.358 e. The quantitative estimate of drug-likeness (QED) is 0.454. The number of thiol groups is 1. The second-order valence-corrected chi connectivity index (χ2v) is 4.09.